The van der Waals surface area contributed by atoms with Gasteiger partial charge in [-0.15, -0.1) is 0 Å². The molecule has 0 amide bonds. The lowest BCUT2D eigenvalue weighted by Crippen LogP contribution is -2.01. The normalized spacial score (nSPS) is 10.2. The van der Waals surface area contributed by atoms with Crippen LogP contribution in [0.2, 0.25) is 0 Å². The Hall–Kier alpha value is -1.34. The van der Waals surface area contributed by atoms with E-state index in [1.165, 1.54) is 0 Å². The van der Waals surface area contributed by atoms with Crippen molar-refractivity contribution < 1.29 is 4.74 Å². The minimum Gasteiger partial charge on any atom is -0.495 e. The number of nitrogens with one attached hydrogen (secondary N) is 2. The van der Waals surface area contributed by atoms with Gasteiger partial charge in [0, 0.05) is 23.7 Å². The monoisotopic (exact) mass is 400 g/mol. The molecule has 0 aliphatic heterocycles. The molecule has 106 valence electrons. The highest BCUT2D eigenvalue weighted by Crippen LogP contribution is 2.35. The number of anilines is 3. The van der Waals surface area contributed by atoms with Crippen molar-refractivity contribution in [3.63, 3.8) is 0 Å². The van der Waals surface area contributed by atoms with Crippen LogP contribution in [0.25, 0.3) is 0 Å². The van der Waals surface area contributed by atoms with Crippen LogP contribution in [0.3, 0.4) is 0 Å². The molecule has 7 heteroatoms. The molecule has 20 heavy (non-hydrogen) atoms. The Kier molecular flexibility index (Phi) is 4.82. The Morgan fingerprint density at radius 2 is 1.75 bits per heavy atom. The molecule has 1 heterocycles. The van der Waals surface area contributed by atoms with Crippen molar-refractivity contribution in [3.05, 3.63) is 33.0 Å². The number of aromatic nitrogens is 2. The summed E-state index contributed by atoms with van der Waals surface area (Å²) < 4.78 is 7.09. The van der Waals surface area contributed by atoms with E-state index in [1.54, 1.807) is 7.11 Å². The second kappa shape index (κ2) is 6.41. The van der Waals surface area contributed by atoms with E-state index < -0.39 is 0 Å². The van der Waals surface area contributed by atoms with E-state index in [0.29, 0.717) is 11.6 Å². The lowest BCUT2D eigenvalue weighted by Gasteiger charge is -2.12. The molecular weight excluding hydrogens is 388 g/mol. The van der Waals surface area contributed by atoms with Crippen LogP contribution in [0.1, 0.15) is 5.82 Å². The number of hydrogen-bond acceptors (Lipinski definition) is 5. The van der Waals surface area contributed by atoms with Gasteiger partial charge in [-0.05, 0) is 44.8 Å². The number of benzene rings is 1. The summed E-state index contributed by atoms with van der Waals surface area (Å²) in [6.07, 6.45) is 0. The predicted octanol–water partition coefficient (Wildman–Crippen LogP) is 4.10. The first-order valence-electron chi connectivity index (χ1n) is 5.87. The molecule has 0 saturated carbocycles. The number of aryl methyl sites for hydroxylation is 1. The number of methoxy groups -OCH3 is 1. The molecule has 2 aromatic rings. The van der Waals surface area contributed by atoms with Crippen LogP contribution in [0.5, 0.6) is 5.75 Å². The molecular formula is C13H14Br2N4O. The minimum atomic E-state index is 0.694. The fourth-order valence-corrected chi connectivity index (χ4v) is 2.93. The van der Waals surface area contributed by atoms with Gasteiger partial charge in [0.2, 0.25) is 0 Å². The molecule has 2 N–H and O–H groups in total. The first-order chi connectivity index (χ1) is 9.53. The second-order valence-electron chi connectivity index (χ2n) is 4.03. The Bertz CT molecular complexity index is 634. The zero-order chi connectivity index (χ0) is 14.7. The van der Waals surface area contributed by atoms with Crippen LogP contribution in [0, 0.1) is 6.92 Å². The molecule has 2 rings (SSSR count). The molecule has 0 unspecified atom stereocenters. The SMILES string of the molecule is CNc1cc(Nc2cc(OC)c(Br)cc2Br)nc(C)n1. The fraction of sp³-hybridized carbons (Fsp3) is 0.231. The van der Waals surface area contributed by atoms with Crippen LogP contribution in [0.15, 0.2) is 27.1 Å². The van der Waals surface area contributed by atoms with Gasteiger partial charge in [-0.3, -0.25) is 0 Å². The third kappa shape index (κ3) is 3.40. The molecule has 0 saturated heterocycles. The lowest BCUT2D eigenvalue weighted by molar-refractivity contribution is 0.412. The van der Waals surface area contributed by atoms with Gasteiger partial charge in [-0.1, -0.05) is 0 Å². The second-order valence-corrected chi connectivity index (χ2v) is 5.74. The van der Waals surface area contributed by atoms with Crippen LogP contribution < -0.4 is 15.4 Å². The summed E-state index contributed by atoms with van der Waals surface area (Å²) in [7, 11) is 3.45. The number of halogens is 2. The van der Waals surface area contributed by atoms with Gasteiger partial charge in [-0.25, -0.2) is 9.97 Å². The molecule has 5 nitrogen and oxygen atoms in total. The maximum atomic E-state index is 5.29. The first-order valence-corrected chi connectivity index (χ1v) is 7.45. The van der Waals surface area contributed by atoms with E-state index >= 15 is 0 Å². The summed E-state index contributed by atoms with van der Waals surface area (Å²) in [5.74, 6) is 2.92. The number of nitrogens with zero attached hydrogens (tertiary/aromatic N) is 2. The number of hydrogen-bond donors (Lipinski definition) is 2. The van der Waals surface area contributed by atoms with Crippen LogP contribution >= 0.6 is 31.9 Å². The van der Waals surface area contributed by atoms with Crippen molar-refractivity contribution in [1.82, 2.24) is 9.97 Å². The van der Waals surface area contributed by atoms with Crippen molar-refractivity contribution >= 4 is 49.2 Å². The number of ether oxygens (including phenoxy) is 1. The molecule has 1 aromatic heterocycles. The fourth-order valence-electron chi connectivity index (χ4n) is 1.68. The van der Waals surface area contributed by atoms with Gasteiger partial charge in [-0.2, -0.15) is 0 Å². The zero-order valence-corrected chi connectivity index (χ0v) is 14.5. The van der Waals surface area contributed by atoms with E-state index in [4.69, 9.17) is 4.74 Å². The molecule has 0 atom stereocenters. The van der Waals surface area contributed by atoms with E-state index in [2.05, 4.69) is 52.5 Å². The highest BCUT2D eigenvalue weighted by molar-refractivity contribution is 9.11. The molecule has 0 aliphatic rings. The van der Waals surface area contributed by atoms with E-state index in [0.717, 1.165) is 26.2 Å². The standard InChI is InChI=1S/C13H14Br2N4O/c1-7-17-12(16-2)6-13(18-7)19-10-5-11(20-3)9(15)4-8(10)14/h4-6H,1-3H3,(H2,16,17,18,19). The Morgan fingerprint density at radius 1 is 1.05 bits per heavy atom. The van der Waals surface area contributed by atoms with Crippen molar-refractivity contribution in [2.45, 2.75) is 6.92 Å². The van der Waals surface area contributed by atoms with Crippen molar-refractivity contribution in [1.29, 1.82) is 0 Å². The maximum Gasteiger partial charge on any atom is 0.136 e. The summed E-state index contributed by atoms with van der Waals surface area (Å²) in [4.78, 5) is 8.62. The molecule has 0 spiro atoms. The predicted molar refractivity (Wildman–Crippen MR) is 88.0 cm³/mol. The average Bonchev–Trinajstić information content (AvgIpc) is 2.41. The quantitative estimate of drug-likeness (QED) is 0.807. The summed E-state index contributed by atoms with van der Waals surface area (Å²) in [5.41, 5.74) is 0.866. The van der Waals surface area contributed by atoms with E-state index in [1.807, 2.05) is 32.2 Å². The highest BCUT2D eigenvalue weighted by atomic mass is 79.9. The number of rotatable bonds is 4. The van der Waals surface area contributed by atoms with Gasteiger partial charge in [0.05, 0.1) is 17.3 Å². The largest absolute Gasteiger partial charge is 0.495 e. The average molecular weight is 402 g/mol. The molecule has 0 fully saturated rings. The Balaban J connectivity index is 2.36. The van der Waals surface area contributed by atoms with Crippen LogP contribution in [-0.2, 0) is 0 Å². The third-order valence-corrected chi connectivity index (χ3v) is 3.87. The Morgan fingerprint density at radius 3 is 2.40 bits per heavy atom. The summed E-state index contributed by atoms with van der Waals surface area (Å²) in [6.45, 7) is 1.85. The zero-order valence-electron chi connectivity index (χ0n) is 11.3. The molecule has 0 radical (unpaired) electrons. The van der Waals surface area contributed by atoms with Gasteiger partial charge in [0.1, 0.15) is 23.2 Å². The van der Waals surface area contributed by atoms with Gasteiger partial charge in [0.15, 0.2) is 0 Å². The van der Waals surface area contributed by atoms with Crippen LogP contribution in [-0.4, -0.2) is 24.1 Å². The van der Waals surface area contributed by atoms with Crippen molar-refractivity contribution in [2.24, 2.45) is 0 Å². The highest BCUT2D eigenvalue weighted by Gasteiger charge is 2.09. The van der Waals surface area contributed by atoms with Gasteiger partial charge in [0.25, 0.3) is 0 Å². The van der Waals surface area contributed by atoms with Gasteiger partial charge >= 0.3 is 0 Å². The summed E-state index contributed by atoms with van der Waals surface area (Å²) >= 11 is 6.96. The summed E-state index contributed by atoms with van der Waals surface area (Å²) in [5, 5.41) is 6.26. The van der Waals surface area contributed by atoms with Crippen molar-refractivity contribution in [3.8, 4) is 5.75 Å². The van der Waals surface area contributed by atoms with E-state index in [-0.39, 0.29) is 0 Å². The molecule has 0 bridgehead atoms. The summed E-state index contributed by atoms with van der Waals surface area (Å²) in [6, 6.07) is 5.66. The van der Waals surface area contributed by atoms with E-state index in [9.17, 15) is 0 Å². The van der Waals surface area contributed by atoms with Crippen molar-refractivity contribution in [2.75, 3.05) is 24.8 Å². The minimum absolute atomic E-state index is 0.694. The Labute approximate surface area is 134 Å². The lowest BCUT2D eigenvalue weighted by atomic mass is 10.3. The van der Waals surface area contributed by atoms with Crippen LogP contribution in [0.4, 0.5) is 17.3 Å². The molecule has 0 aliphatic carbocycles. The van der Waals surface area contributed by atoms with Gasteiger partial charge < -0.3 is 15.4 Å². The molecule has 1 aromatic carbocycles. The third-order valence-electron chi connectivity index (χ3n) is 2.60. The smallest absolute Gasteiger partial charge is 0.136 e. The maximum absolute atomic E-state index is 5.29. The first kappa shape index (κ1) is 15.1. The topological polar surface area (TPSA) is 59.1 Å².